The summed E-state index contributed by atoms with van der Waals surface area (Å²) in [7, 11) is 0. The van der Waals surface area contributed by atoms with Gasteiger partial charge in [0.2, 0.25) is 5.91 Å². The molecule has 0 saturated carbocycles. The number of rotatable bonds is 10. The number of hydrogen-bond donors (Lipinski definition) is 3. The number of hydrogen-bond acceptors (Lipinski definition) is 4. The first-order chi connectivity index (χ1) is 16.0. The zero-order valence-electron chi connectivity index (χ0n) is 18.0. The lowest BCUT2D eigenvalue weighted by Gasteiger charge is -2.21. The van der Waals surface area contributed by atoms with Gasteiger partial charge in [0.15, 0.2) is 0 Å². The normalized spacial score (nSPS) is 12.2. The highest BCUT2D eigenvalue weighted by atomic mass is 16.5. The second-order valence-electron chi connectivity index (χ2n) is 7.54. The molecule has 7 heteroatoms. The van der Waals surface area contributed by atoms with E-state index in [1.165, 1.54) is 0 Å². The van der Waals surface area contributed by atoms with Crippen molar-refractivity contribution in [2.45, 2.75) is 31.5 Å². The minimum atomic E-state index is -1.16. The number of amides is 2. The fourth-order valence-electron chi connectivity index (χ4n) is 3.29. The first-order valence-corrected chi connectivity index (χ1v) is 10.6. The SMILES string of the molecule is O=C(N[C@@H](Cc1ccccc1)C(=O)NC(Cc1ccccc1)C(=O)O)OCc1ccccc1. The quantitative estimate of drug-likeness (QED) is 0.443. The van der Waals surface area contributed by atoms with Gasteiger partial charge in [0.25, 0.3) is 0 Å². The molecule has 0 fully saturated rings. The molecule has 3 N–H and O–H groups in total. The second kappa shape index (κ2) is 12.0. The van der Waals surface area contributed by atoms with Crippen molar-refractivity contribution >= 4 is 18.0 Å². The number of carbonyl (C=O) groups is 3. The standard InChI is InChI=1S/C26H26N2O5/c29-24(27-23(25(30)31)17-20-12-6-2-7-13-20)22(16-19-10-4-1-5-11-19)28-26(32)33-18-21-14-8-3-9-15-21/h1-15,22-23H,16-18H2,(H,27,29)(H,28,32)(H,30,31)/t22-,23?/m0/s1. The third kappa shape index (κ3) is 7.81. The molecule has 33 heavy (non-hydrogen) atoms. The van der Waals surface area contributed by atoms with Crippen LogP contribution in [0.3, 0.4) is 0 Å². The zero-order valence-corrected chi connectivity index (χ0v) is 18.0. The minimum absolute atomic E-state index is 0.0537. The van der Waals surface area contributed by atoms with Crippen LogP contribution in [0, 0.1) is 0 Å². The number of carboxylic acids is 1. The fourth-order valence-corrected chi connectivity index (χ4v) is 3.29. The molecule has 2 atom stereocenters. The van der Waals surface area contributed by atoms with E-state index in [0.717, 1.165) is 16.7 Å². The van der Waals surface area contributed by atoms with Gasteiger partial charge in [0.05, 0.1) is 0 Å². The maximum absolute atomic E-state index is 13.0. The maximum atomic E-state index is 13.0. The van der Waals surface area contributed by atoms with E-state index in [9.17, 15) is 19.5 Å². The molecule has 3 aromatic carbocycles. The molecule has 3 aromatic rings. The van der Waals surface area contributed by atoms with Crippen LogP contribution in [0.15, 0.2) is 91.0 Å². The lowest BCUT2D eigenvalue weighted by atomic mass is 10.0. The highest BCUT2D eigenvalue weighted by Gasteiger charge is 2.27. The van der Waals surface area contributed by atoms with Crippen molar-refractivity contribution in [2.75, 3.05) is 0 Å². The highest BCUT2D eigenvalue weighted by Crippen LogP contribution is 2.08. The molecule has 0 radical (unpaired) electrons. The number of ether oxygens (including phenoxy) is 1. The average molecular weight is 447 g/mol. The van der Waals surface area contributed by atoms with Crippen LogP contribution in [-0.2, 0) is 33.8 Å². The number of carbonyl (C=O) groups excluding carboxylic acids is 2. The molecule has 0 aliphatic carbocycles. The zero-order chi connectivity index (χ0) is 23.5. The van der Waals surface area contributed by atoms with E-state index in [-0.39, 0.29) is 19.4 Å². The Morgan fingerprint density at radius 3 is 1.61 bits per heavy atom. The van der Waals surface area contributed by atoms with Crippen LogP contribution in [0.25, 0.3) is 0 Å². The van der Waals surface area contributed by atoms with Gasteiger partial charge >= 0.3 is 12.1 Å². The van der Waals surface area contributed by atoms with E-state index in [2.05, 4.69) is 10.6 Å². The smallest absolute Gasteiger partial charge is 0.408 e. The van der Waals surface area contributed by atoms with Crippen LogP contribution < -0.4 is 10.6 Å². The van der Waals surface area contributed by atoms with Crippen molar-refractivity contribution in [1.29, 1.82) is 0 Å². The number of benzene rings is 3. The molecule has 170 valence electrons. The van der Waals surface area contributed by atoms with Gasteiger partial charge in [-0.2, -0.15) is 0 Å². The summed E-state index contributed by atoms with van der Waals surface area (Å²) >= 11 is 0. The van der Waals surface area contributed by atoms with Gasteiger partial charge in [-0.25, -0.2) is 9.59 Å². The van der Waals surface area contributed by atoms with E-state index < -0.39 is 30.1 Å². The van der Waals surface area contributed by atoms with Crippen molar-refractivity contribution < 1.29 is 24.2 Å². The predicted molar refractivity (Wildman–Crippen MR) is 123 cm³/mol. The molecule has 7 nitrogen and oxygen atoms in total. The Hall–Kier alpha value is -4.13. The van der Waals surface area contributed by atoms with E-state index in [4.69, 9.17) is 4.74 Å². The van der Waals surface area contributed by atoms with Crippen molar-refractivity contribution in [3.05, 3.63) is 108 Å². The van der Waals surface area contributed by atoms with Gasteiger partial charge in [-0.1, -0.05) is 91.0 Å². The van der Waals surface area contributed by atoms with Crippen molar-refractivity contribution in [3.63, 3.8) is 0 Å². The van der Waals surface area contributed by atoms with Gasteiger partial charge in [0, 0.05) is 12.8 Å². The molecule has 0 aliphatic rings. The fraction of sp³-hybridized carbons (Fsp3) is 0.192. The summed E-state index contributed by atoms with van der Waals surface area (Å²) in [5.74, 6) is -1.75. The number of nitrogens with one attached hydrogen (secondary N) is 2. The molecular weight excluding hydrogens is 420 g/mol. The monoisotopic (exact) mass is 446 g/mol. The van der Waals surface area contributed by atoms with E-state index in [1.807, 2.05) is 66.7 Å². The highest BCUT2D eigenvalue weighted by molar-refractivity contribution is 5.89. The van der Waals surface area contributed by atoms with Gasteiger partial charge in [-0.05, 0) is 16.7 Å². The summed E-state index contributed by atoms with van der Waals surface area (Å²) < 4.78 is 5.25. The summed E-state index contributed by atoms with van der Waals surface area (Å²) in [5.41, 5.74) is 2.40. The van der Waals surface area contributed by atoms with Crippen molar-refractivity contribution in [1.82, 2.24) is 10.6 Å². The topological polar surface area (TPSA) is 105 Å². The second-order valence-corrected chi connectivity index (χ2v) is 7.54. The van der Waals surface area contributed by atoms with Gasteiger partial charge in [-0.3, -0.25) is 4.79 Å². The minimum Gasteiger partial charge on any atom is -0.480 e. The molecule has 0 aromatic heterocycles. The Bertz CT molecular complexity index is 1040. The molecule has 0 saturated heterocycles. The van der Waals surface area contributed by atoms with Gasteiger partial charge < -0.3 is 20.5 Å². The number of carboxylic acid groups (broad SMARTS) is 1. The molecular formula is C26H26N2O5. The molecule has 0 spiro atoms. The van der Waals surface area contributed by atoms with Crippen LogP contribution in [0.2, 0.25) is 0 Å². The molecule has 2 amide bonds. The number of alkyl carbamates (subject to hydrolysis) is 1. The first-order valence-electron chi connectivity index (χ1n) is 10.6. The van der Waals surface area contributed by atoms with E-state index in [0.29, 0.717) is 0 Å². The van der Waals surface area contributed by atoms with Crippen LogP contribution in [0.4, 0.5) is 4.79 Å². The Balaban J connectivity index is 1.68. The third-order valence-electron chi connectivity index (χ3n) is 5.00. The summed E-state index contributed by atoms with van der Waals surface area (Å²) in [4.78, 5) is 37.2. The lowest BCUT2D eigenvalue weighted by molar-refractivity contribution is -0.142. The van der Waals surface area contributed by atoms with Crippen molar-refractivity contribution in [3.8, 4) is 0 Å². The largest absolute Gasteiger partial charge is 0.480 e. The average Bonchev–Trinajstić information content (AvgIpc) is 2.84. The Labute approximate surface area is 192 Å². The van der Waals surface area contributed by atoms with Crippen LogP contribution in [-0.4, -0.2) is 35.2 Å². The van der Waals surface area contributed by atoms with Crippen LogP contribution >= 0.6 is 0 Å². The number of aliphatic carboxylic acids is 1. The summed E-state index contributed by atoms with van der Waals surface area (Å²) in [5, 5.41) is 14.8. The van der Waals surface area contributed by atoms with E-state index in [1.54, 1.807) is 24.3 Å². The molecule has 1 unspecified atom stereocenters. The Kier molecular flexibility index (Phi) is 8.59. The van der Waals surface area contributed by atoms with Crippen LogP contribution in [0.5, 0.6) is 0 Å². The van der Waals surface area contributed by atoms with Gasteiger partial charge in [0.1, 0.15) is 18.7 Å². The predicted octanol–water partition coefficient (Wildman–Crippen LogP) is 3.34. The van der Waals surface area contributed by atoms with Gasteiger partial charge in [-0.15, -0.1) is 0 Å². The Morgan fingerprint density at radius 1 is 0.667 bits per heavy atom. The third-order valence-corrected chi connectivity index (χ3v) is 5.00. The molecule has 0 heterocycles. The summed E-state index contributed by atoms with van der Waals surface area (Å²) in [6.07, 6.45) is -0.451. The molecule has 0 aliphatic heterocycles. The Morgan fingerprint density at radius 2 is 1.12 bits per heavy atom. The summed E-state index contributed by atoms with van der Waals surface area (Å²) in [6.45, 7) is 0.0537. The van der Waals surface area contributed by atoms with Crippen molar-refractivity contribution in [2.24, 2.45) is 0 Å². The van der Waals surface area contributed by atoms with Crippen LogP contribution in [0.1, 0.15) is 16.7 Å². The lowest BCUT2D eigenvalue weighted by Crippen LogP contribution is -2.53. The molecule has 0 bridgehead atoms. The maximum Gasteiger partial charge on any atom is 0.408 e. The van der Waals surface area contributed by atoms with E-state index >= 15 is 0 Å². The first kappa shape index (κ1) is 23.5. The molecule has 3 rings (SSSR count). The summed E-state index contributed by atoms with van der Waals surface area (Å²) in [6, 6.07) is 25.2.